The van der Waals surface area contributed by atoms with Gasteiger partial charge in [-0.1, -0.05) is 5.16 Å². The minimum Gasteiger partial charge on any atom is -0.481 e. The van der Waals surface area contributed by atoms with E-state index in [1.807, 2.05) is 0 Å². The van der Waals surface area contributed by atoms with Crippen LogP contribution in [0.3, 0.4) is 0 Å². The summed E-state index contributed by atoms with van der Waals surface area (Å²) in [5.41, 5.74) is 0. The van der Waals surface area contributed by atoms with Gasteiger partial charge in [0, 0.05) is 6.42 Å². The lowest BCUT2D eigenvalue weighted by Crippen LogP contribution is -2.07. The lowest BCUT2D eigenvalue weighted by molar-refractivity contribution is -0.137. The molecule has 1 rings (SSSR count). The Kier molecular flexibility index (Phi) is 3.33. The Bertz CT molecular complexity index is 334. The molecule has 76 valence electrons. The molecule has 0 radical (unpaired) electrons. The molecular weight excluding hydrogens is 188 g/mol. The molecule has 6 nitrogen and oxygen atoms in total. The fourth-order valence-corrected chi connectivity index (χ4v) is 1.08. The van der Waals surface area contributed by atoms with Gasteiger partial charge >= 0.3 is 5.97 Å². The van der Waals surface area contributed by atoms with Crippen LogP contribution in [0, 0.1) is 6.92 Å². The first-order chi connectivity index (χ1) is 6.63. The van der Waals surface area contributed by atoms with Gasteiger partial charge < -0.3 is 14.4 Å². The topological polar surface area (TPSA) is 93.3 Å². The quantitative estimate of drug-likeness (QED) is 0.693. The number of aryl methyl sites for hydroxylation is 1. The fraction of sp³-hybridized carbons (Fsp3) is 0.500. The first kappa shape index (κ1) is 10.4. The summed E-state index contributed by atoms with van der Waals surface area (Å²) in [4.78, 5) is 24.6. The predicted octanol–water partition coefficient (Wildman–Crippen LogP) is 0.525. The first-order valence-corrected chi connectivity index (χ1v) is 4.09. The lowest BCUT2D eigenvalue weighted by atomic mass is 10.0. The highest BCUT2D eigenvalue weighted by Gasteiger charge is 2.20. The minimum atomic E-state index is -0.993. The standard InChI is InChI=1S/C8H10N2O4/c1-5-9-8(14-10-5)6(2-3-11)4-7(12)13/h3,6H,2,4H2,1H3,(H,12,13). The van der Waals surface area contributed by atoms with Crippen molar-refractivity contribution in [3.05, 3.63) is 11.7 Å². The van der Waals surface area contributed by atoms with Crippen molar-refractivity contribution in [2.75, 3.05) is 0 Å². The van der Waals surface area contributed by atoms with E-state index >= 15 is 0 Å². The van der Waals surface area contributed by atoms with Gasteiger partial charge in [-0.3, -0.25) is 4.79 Å². The Morgan fingerprint density at radius 3 is 2.86 bits per heavy atom. The minimum absolute atomic E-state index is 0.0773. The fourth-order valence-electron chi connectivity index (χ4n) is 1.08. The van der Waals surface area contributed by atoms with Gasteiger partial charge in [-0.25, -0.2) is 0 Å². The van der Waals surface area contributed by atoms with Crippen molar-refractivity contribution in [2.24, 2.45) is 0 Å². The highest BCUT2D eigenvalue weighted by molar-refractivity contribution is 5.68. The Hall–Kier alpha value is -1.72. The summed E-state index contributed by atoms with van der Waals surface area (Å²) in [6.07, 6.45) is 0.543. The van der Waals surface area contributed by atoms with Crippen LogP contribution in [0.1, 0.15) is 30.5 Å². The number of carboxylic acids is 1. The molecular formula is C8H10N2O4. The third kappa shape index (κ3) is 2.65. The molecule has 0 aliphatic carbocycles. The molecule has 14 heavy (non-hydrogen) atoms. The van der Waals surface area contributed by atoms with E-state index in [1.54, 1.807) is 6.92 Å². The Morgan fingerprint density at radius 1 is 1.71 bits per heavy atom. The van der Waals surface area contributed by atoms with E-state index in [0.29, 0.717) is 12.1 Å². The van der Waals surface area contributed by atoms with Gasteiger partial charge in [-0.2, -0.15) is 4.98 Å². The summed E-state index contributed by atoms with van der Waals surface area (Å²) in [7, 11) is 0. The monoisotopic (exact) mass is 198 g/mol. The van der Waals surface area contributed by atoms with Gasteiger partial charge in [-0.15, -0.1) is 0 Å². The molecule has 0 aliphatic rings. The molecule has 0 bridgehead atoms. The number of carbonyl (C=O) groups is 2. The van der Waals surface area contributed by atoms with Crippen molar-refractivity contribution in [2.45, 2.75) is 25.7 Å². The summed E-state index contributed by atoms with van der Waals surface area (Å²) in [5, 5.41) is 12.1. The van der Waals surface area contributed by atoms with Crippen LogP contribution in [0.15, 0.2) is 4.52 Å². The van der Waals surface area contributed by atoms with E-state index in [-0.39, 0.29) is 18.7 Å². The van der Waals surface area contributed by atoms with Crippen LogP contribution in [0.5, 0.6) is 0 Å². The summed E-state index contributed by atoms with van der Waals surface area (Å²) < 4.78 is 4.80. The molecule has 0 amide bonds. The zero-order valence-electron chi connectivity index (χ0n) is 7.64. The Balaban J connectivity index is 2.76. The molecule has 0 saturated heterocycles. The maximum Gasteiger partial charge on any atom is 0.304 e. The average molecular weight is 198 g/mol. The number of rotatable bonds is 5. The third-order valence-electron chi connectivity index (χ3n) is 1.69. The van der Waals surface area contributed by atoms with Crippen LogP contribution < -0.4 is 0 Å². The van der Waals surface area contributed by atoms with Crippen LogP contribution in [-0.4, -0.2) is 27.5 Å². The van der Waals surface area contributed by atoms with Crippen molar-refractivity contribution in [1.29, 1.82) is 0 Å². The molecule has 0 saturated carbocycles. The van der Waals surface area contributed by atoms with E-state index in [9.17, 15) is 9.59 Å². The molecule has 1 aromatic heterocycles. The Labute approximate surface area is 79.9 Å². The molecule has 0 aliphatic heterocycles. The number of aliphatic carboxylic acids is 1. The summed E-state index contributed by atoms with van der Waals surface area (Å²) in [6.45, 7) is 1.63. The average Bonchev–Trinajstić information content (AvgIpc) is 2.50. The third-order valence-corrected chi connectivity index (χ3v) is 1.69. The Morgan fingerprint density at radius 2 is 2.43 bits per heavy atom. The van der Waals surface area contributed by atoms with Crippen molar-refractivity contribution < 1.29 is 19.2 Å². The van der Waals surface area contributed by atoms with Gasteiger partial charge in [-0.05, 0) is 6.92 Å². The van der Waals surface area contributed by atoms with Crippen LogP contribution >= 0.6 is 0 Å². The number of nitrogens with zero attached hydrogens (tertiary/aromatic N) is 2. The van der Waals surface area contributed by atoms with Crippen LogP contribution in [0.4, 0.5) is 0 Å². The summed E-state index contributed by atoms with van der Waals surface area (Å²) >= 11 is 0. The molecule has 6 heteroatoms. The second kappa shape index (κ2) is 4.50. The summed E-state index contributed by atoms with van der Waals surface area (Å²) in [6, 6.07) is 0. The second-order valence-electron chi connectivity index (χ2n) is 2.88. The first-order valence-electron chi connectivity index (χ1n) is 4.09. The van der Waals surface area contributed by atoms with Crippen molar-refractivity contribution >= 4 is 12.3 Å². The van der Waals surface area contributed by atoms with Gasteiger partial charge in [0.25, 0.3) is 0 Å². The molecule has 0 fully saturated rings. The van der Waals surface area contributed by atoms with E-state index in [0.717, 1.165) is 0 Å². The highest BCUT2D eigenvalue weighted by Crippen LogP contribution is 2.20. The van der Waals surface area contributed by atoms with E-state index in [1.165, 1.54) is 0 Å². The normalized spacial score (nSPS) is 12.4. The van der Waals surface area contributed by atoms with Crippen LogP contribution in [0.2, 0.25) is 0 Å². The maximum absolute atomic E-state index is 10.5. The van der Waals surface area contributed by atoms with Gasteiger partial charge in [0.2, 0.25) is 5.89 Å². The largest absolute Gasteiger partial charge is 0.481 e. The van der Waals surface area contributed by atoms with E-state index < -0.39 is 11.9 Å². The van der Waals surface area contributed by atoms with Crippen molar-refractivity contribution in [1.82, 2.24) is 10.1 Å². The van der Waals surface area contributed by atoms with Gasteiger partial charge in [0.15, 0.2) is 5.82 Å². The summed E-state index contributed by atoms with van der Waals surface area (Å²) in [5.74, 6) is -0.878. The number of carboxylic acid groups (broad SMARTS) is 1. The second-order valence-corrected chi connectivity index (χ2v) is 2.88. The smallest absolute Gasteiger partial charge is 0.304 e. The number of hydrogen-bond donors (Lipinski definition) is 1. The maximum atomic E-state index is 10.5. The van der Waals surface area contributed by atoms with Crippen molar-refractivity contribution in [3.63, 3.8) is 0 Å². The number of aldehydes is 1. The lowest BCUT2D eigenvalue weighted by Gasteiger charge is -2.04. The van der Waals surface area contributed by atoms with Gasteiger partial charge in [0.1, 0.15) is 6.29 Å². The van der Waals surface area contributed by atoms with E-state index in [4.69, 9.17) is 9.63 Å². The number of carbonyl (C=O) groups excluding carboxylic acids is 1. The predicted molar refractivity (Wildman–Crippen MR) is 44.7 cm³/mol. The van der Waals surface area contributed by atoms with Crippen LogP contribution in [-0.2, 0) is 9.59 Å². The molecule has 0 aromatic carbocycles. The molecule has 1 heterocycles. The SMILES string of the molecule is Cc1noc(C(CC=O)CC(=O)O)n1. The number of hydrogen-bond acceptors (Lipinski definition) is 5. The van der Waals surface area contributed by atoms with Crippen LogP contribution in [0.25, 0.3) is 0 Å². The van der Waals surface area contributed by atoms with Gasteiger partial charge in [0.05, 0.1) is 12.3 Å². The molecule has 1 aromatic rings. The van der Waals surface area contributed by atoms with Crippen molar-refractivity contribution in [3.8, 4) is 0 Å². The zero-order chi connectivity index (χ0) is 10.6. The number of aromatic nitrogens is 2. The molecule has 0 spiro atoms. The molecule has 1 N–H and O–H groups in total. The zero-order valence-corrected chi connectivity index (χ0v) is 7.64. The van der Waals surface area contributed by atoms with E-state index in [2.05, 4.69) is 10.1 Å². The highest BCUT2D eigenvalue weighted by atomic mass is 16.5. The molecule has 1 atom stereocenters. The molecule has 1 unspecified atom stereocenters.